The number of hydrogen-bond donors (Lipinski definition) is 1. The molecule has 1 amide bonds. The van der Waals surface area contributed by atoms with Crippen LogP contribution in [-0.2, 0) is 11.3 Å². The lowest BCUT2D eigenvalue weighted by Gasteiger charge is -2.16. The predicted octanol–water partition coefficient (Wildman–Crippen LogP) is 7.06. The number of amides is 1. The molecule has 0 radical (unpaired) electrons. The first kappa shape index (κ1) is 24.2. The number of carbonyl (C=O) groups is 1. The number of methoxy groups -OCH3 is 2. The summed E-state index contributed by atoms with van der Waals surface area (Å²) in [6, 6.07) is 16.3. The fourth-order valence-electron chi connectivity index (χ4n) is 3.56. The Morgan fingerprint density at radius 3 is 2.31 bits per heavy atom. The number of aromatic nitrogens is 1. The molecule has 0 saturated heterocycles. The molecule has 0 aliphatic carbocycles. The number of ether oxygens (including phenoxy) is 4. The van der Waals surface area contributed by atoms with Crippen molar-refractivity contribution in [1.82, 2.24) is 4.98 Å². The van der Waals surface area contributed by atoms with Crippen LogP contribution >= 0.6 is 11.6 Å². The van der Waals surface area contributed by atoms with Crippen LogP contribution in [-0.4, -0.2) is 25.3 Å². The Morgan fingerprint density at radius 1 is 0.886 bits per heavy atom. The number of benzene rings is 3. The highest BCUT2D eigenvalue weighted by molar-refractivity contribution is 6.30. The van der Waals surface area contributed by atoms with E-state index in [9.17, 15) is 4.79 Å². The summed E-state index contributed by atoms with van der Waals surface area (Å²) in [5, 5.41) is 4.21. The van der Waals surface area contributed by atoms with E-state index < -0.39 is 6.09 Å². The molecule has 0 aliphatic heterocycles. The molecule has 180 valence electrons. The van der Waals surface area contributed by atoms with Gasteiger partial charge in [0.15, 0.2) is 11.5 Å². The maximum atomic E-state index is 12.3. The predicted molar refractivity (Wildman–Crippen MR) is 136 cm³/mol. The van der Waals surface area contributed by atoms with E-state index in [1.54, 1.807) is 38.6 Å². The average molecular weight is 493 g/mol. The molecule has 0 bridgehead atoms. The molecule has 1 aromatic heterocycles. The third-order valence-electron chi connectivity index (χ3n) is 5.47. The first-order chi connectivity index (χ1) is 16.9. The number of anilines is 1. The molecule has 0 unspecified atom stereocenters. The molecule has 0 atom stereocenters. The molecule has 1 N–H and O–H groups in total. The van der Waals surface area contributed by atoms with Crippen LogP contribution in [0.1, 0.15) is 16.7 Å². The normalized spacial score (nSPS) is 10.7. The van der Waals surface area contributed by atoms with Gasteiger partial charge >= 0.3 is 6.09 Å². The van der Waals surface area contributed by atoms with Gasteiger partial charge in [0, 0.05) is 28.4 Å². The van der Waals surface area contributed by atoms with Crippen LogP contribution in [0.15, 0.2) is 60.8 Å². The van der Waals surface area contributed by atoms with E-state index in [0.29, 0.717) is 33.7 Å². The Labute approximate surface area is 208 Å². The van der Waals surface area contributed by atoms with Crippen molar-refractivity contribution in [3.63, 3.8) is 0 Å². The fraction of sp³-hybridized carbons (Fsp3) is 0.185. The van der Waals surface area contributed by atoms with E-state index in [-0.39, 0.29) is 6.61 Å². The third-order valence-corrected chi connectivity index (χ3v) is 5.72. The van der Waals surface area contributed by atoms with E-state index in [4.69, 9.17) is 30.5 Å². The van der Waals surface area contributed by atoms with Gasteiger partial charge in [-0.2, -0.15) is 0 Å². The standard InChI is InChI=1S/C27H25ClN2O5/c1-16-12-24(35-23-9-10-29-22-14-26(33-4)25(32-3)13-20(22)23)17(2)11-21(16)30-27(31)34-15-18-5-7-19(28)8-6-18/h5-14H,15H2,1-4H3,(H,30,31). The van der Waals surface area contributed by atoms with Crippen molar-refractivity contribution >= 4 is 34.3 Å². The summed E-state index contributed by atoms with van der Waals surface area (Å²) < 4.78 is 22.4. The Hall–Kier alpha value is -3.97. The summed E-state index contributed by atoms with van der Waals surface area (Å²) in [7, 11) is 3.17. The Balaban J connectivity index is 1.51. The van der Waals surface area contributed by atoms with E-state index >= 15 is 0 Å². The minimum atomic E-state index is -0.544. The molecule has 0 spiro atoms. The van der Waals surface area contributed by atoms with Gasteiger partial charge in [-0.3, -0.25) is 10.3 Å². The van der Waals surface area contributed by atoms with Gasteiger partial charge in [0.1, 0.15) is 18.1 Å². The van der Waals surface area contributed by atoms with Crippen LogP contribution < -0.4 is 19.5 Å². The second kappa shape index (κ2) is 10.5. The molecule has 8 heteroatoms. The first-order valence-corrected chi connectivity index (χ1v) is 11.2. The number of pyridine rings is 1. The summed E-state index contributed by atoms with van der Waals surface area (Å²) in [5.74, 6) is 2.46. The van der Waals surface area contributed by atoms with E-state index in [0.717, 1.165) is 27.6 Å². The van der Waals surface area contributed by atoms with Crippen LogP contribution in [0.3, 0.4) is 0 Å². The molecule has 3 aromatic carbocycles. The van der Waals surface area contributed by atoms with Crippen molar-refractivity contribution in [3.05, 3.63) is 82.5 Å². The molecule has 4 rings (SSSR count). The van der Waals surface area contributed by atoms with Crippen molar-refractivity contribution < 1.29 is 23.7 Å². The highest BCUT2D eigenvalue weighted by Gasteiger charge is 2.14. The zero-order chi connectivity index (χ0) is 24.9. The van der Waals surface area contributed by atoms with Gasteiger partial charge in [0.05, 0.1) is 19.7 Å². The molecule has 1 heterocycles. The maximum Gasteiger partial charge on any atom is 0.411 e. The lowest BCUT2D eigenvalue weighted by Crippen LogP contribution is -2.14. The van der Waals surface area contributed by atoms with Gasteiger partial charge in [-0.25, -0.2) is 4.79 Å². The van der Waals surface area contributed by atoms with Gasteiger partial charge in [0.2, 0.25) is 0 Å². The molecular weight excluding hydrogens is 468 g/mol. The SMILES string of the molecule is COc1cc2nccc(Oc3cc(C)c(NC(=O)OCc4ccc(Cl)cc4)cc3C)c2cc1OC. The van der Waals surface area contributed by atoms with Gasteiger partial charge in [-0.1, -0.05) is 23.7 Å². The zero-order valence-electron chi connectivity index (χ0n) is 19.8. The number of hydrogen-bond acceptors (Lipinski definition) is 6. The van der Waals surface area contributed by atoms with Gasteiger partial charge in [-0.15, -0.1) is 0 Å². The Morgan fingerprint density at radius 2 is 1.60 bits per heavy atom. The highest BCUT2D eigenvalue weighted by Crippen LogP contribution is 2.38. The Kier molecular flexibility index (Phi) is 7.27. The number of aryl methyl sites for hydroxylation is 2. The number of carbonyl (C=O) groups excluding carboxylic acids is 1. The van der Waals surface area contributed by atoms with Gasteiger partial charge in [0.25, 0.3) is 0 Å². The molecule has 4 aromatic rings. The van der Waals surface area contributed by atoms with Crippen LogP contribution in [0.4, 0.5) is 10.5 Å². The quantitative estimate of drug-likeness (QED) is 0.297. The van der Waals surface area contributed by atoms with Crippen LogP contribution in [0.2, 0.25) is 5.02 Å². The second-order valence-electron chi connectivity index (χ2n) is 7.90. The van der Waals surface area contributed by atoms with Gasteiger partial charge < -0.3 is 18.9 Å². The van der Waals surface area contributed by atoms with Crippen molar-refractivity contribution in [2.75, 3.05) is 19.5 Å². The number of rotatable bonds is 7. The van der Waals surface area contributed by atoms with Crippen LogP contribution in [0.25, 0.3) is 10.9 Å². The smallest absolute Gasteiger partial charge is 0.411 e. The molecule has 0 saturated carbocycles. The molecule has 0 fully saturated rings. The number of fused-ring (bicyclic) bond motifs is 1. The monoisotopic (exact) mass is 492 g/mol. The van der Waals surface area contributed by atoms with Crippen molar-refractivity contribution in [1.29, 1.82) is 0 Å². The summed E-state index contributed by atoms with van der Waals surface area (Å²) >= 11 is 5.89. The van der Waals surface area contributed by atoms with E-state index in [1.807, 2.05) is 50.2 Å². The summed E-state index contributed by atoms with van der Waals surface area (Å²) in [4.78, 5) is 16.7. The summed E-state index contributed by atoms with van der Waals surface area (Å²) in [6.07, 6.45) is 1.13. The van der Waals surface area contributed by atoms with Crippen LogP contribution in [0.5, 0.6) is 23.0 Å². The molecular formula is C27H25ClN2O5. The minimum Gasteiger partial charge on any atom is -0.493 e. The maximum absolute atomic E-state index is 12.3. The summed E-state index contributed by atoms with van der Waals surface area (Å²) in [6.45, 7) is 3.94. The van der Waals surface area contributed by atoms with Gasteiger partial charge in [-0.05, 0) is 66.9 Å². The molecule has 0 aliphatic rings. The van der Waals surface area contributed by atoms with E-state index in [2.05, 4.69) is 10.3 Å². The average Bonchev–Trinajstić information content (AvgIpc) is 2.86. The molecule has 35 heavy (non-hydrogen) atoms. The number of nitrogens with zero attached hydrogens (tertiary/aromatic N) is 1. The van der Waals surface area contributed by atoms with Crippen molar-refractivity contribution in [2.24, 2.45) is 0 Å². The Bertz CT molecular complexity index is 1370. The second-order valence-corrected chi connectivity index (χ2v) is 8.33. The van der Waals surface area contributed by atoms with Crippen molar-refractivity contribution in [3.8, 4) is 23.0 Å². The molecule has 7 nitrogen and oxygen atoms in total. The number of nitrogens with one attached hydrogen (secondary N) is 1. The third kappa shape index (κ3) is 5.58. The fourth-order valence-corrected chi connectivity index (χ4v) is 3.69. The first-order valence-electron chi connectivity index (χ1n) is 10.9. The summed E-state index contributed by atoms with van der Waals surface area (Å²) in [5.41, 5.74) is 3.87. The van der Waals surface area contributed by atoms with Crippen molar-refractivity contribution in [2.45, 2.75) is 20.5 Å². The topological polar surface area (TPSA) is 78.9 Å². The lowest BCUT2D eigenvalue weighted by atomic mass is 10.1. The number of halogens is 1. The van der Waals surface area contributed by atoms with Crippen LogP contribution in [0, 0.1) is 13.8 Å². The minimum absolute atomic E-state index is 0.144. The zero-order valence-corrected chi connectivity index (χ0v) is 20.6. The largest absolute Gasteiger partial charge is 0.493 e. The lowest BCUT2D eigenvalue weighted by molar-refractivity contribution is 0.155. The highest BCUT2D eigenvalue weighted by atomic mass is 35.5. The van der Waals surface area contributed by atoms with E-state index in [1.165, 1.54) is 0 Å².